The Morgan fingerprint density at radius 3 is 2.55 bits per heavy atom. The van der Waals surface area contributed by atoms with Gasteiger partial charge < -0.3 is 0 Å². The van der Waals surface area contributed by atoms with E-state index in [2.05, 4.69) is 9.82 Å². The van der Waals surface area contributed by atoms with Crippen molar-refractivity contribution in [2.75, 3.05) is 4.72 Å². The van der Waals surface area contributed by atoms with Crippen molar-refractivity contribution in [2.45, 2.75) is 32.1 Å². The molecule has 0 aliphatic carbocycles. The number of nitrogens with one attached hydrogen (secondary N) is 1. The monoisotopic (exact) mass is 293 g/mol. The highest BCUT2D eigenvalue weighted by Gasteiger charge is 2.23. The highest BCUT2D eigenvalue weighted by molar-refractivity contribution is 7.92. The molecule has 0 bridgehead atoms. The summed E-state index contributed by atoms with van der Waals surface area (Å²) in [5, 5.41) is 4.15. The van der Waals surface area contributed by atoms with Gasteiger partial charge in [-0.3, -0.25) is 9.40 Å². The third-order valence-electron chi connectivity index (χ3n) is 3.30. The molecule has 0 amide bonds. The van der Waals surface area contributed by atoms with E-state index in [1.807, 2.05) is 25.1 Å². The molecule has 0 atom stereocenters. The Balaban J connectivity index is 2.40. The molecule has 1 heterocycles. The first-order valence-corrected chi connectivity index (χ1v) is 7.95. The summed E-state index contributed by atoms with van der Waals surface area (Å²) in [4.78, 5) is 0.252. The fraction of sp³-hybridized carbons (Fsp3) is 0.357. The van der Waals surface area contributed by atoms with Crippen LogP contribution in [-0.4, -0.2) is 18.2 Å². The molecular weight excluding hydrogens is 274 g/mol. The van der Waals surface area contributed by atoms with Crippen molar-refractivity contribution in [2.24, 2.45) is 7.05 Å². The molecule has 2 rings (SSSR count). The molecule has 0 aliphatic rings. The minimum absolute atomic E-state index is 0.252. The number of aryl methyl sites for hydroxylation is 3. The first-order valence-electron chi connectivity index (χ1n) is 6.47. The molecule has 2 aromatic rings. The molecule has 0 aliphatic heterocycles. The fourth-order valence-corrected chi connectivity index (χ4v) is 3.69. The lowest BCUT2D eigenvalue weighted by Crippen LogP contribution is -2.15. The predicted octanol–water partition coefficient (Wildman–Crippen LogP) is 2.40. The molecule has 0 saturated carbocycles. The Morgan fingerprint density at radius 2 is 2.00 bits per heavy atom. The van der Waals surface area contributed by atoms with Crippen molar-refractivity contribution in [3.05, 3.63) is 41.2 Å². The second-order valence-electron chi connectivity index (χ2n) is 4.78. The molecule has 0 radical (unpaired) electrons. The van der Waals surface area contributed by atoms with Crippen molar-refractivity contribution in [3.8, 4) is 0 Å². The Bertz CT molecular complexity index is 733. The van der Waals surface area contributed by atoms with Gasteiger partial charge in [0.2, 0.25) is 0 Å². The van der Waals surface area contributed by atoms with Crippen molar-refractivity contribution in [1.29, 1.82) is 0 Å². The molecule has 1 aromatic heterocycles. The number of aromatic nitrogens is 2. The van der Waals surface area contributed by atoms with Crippen LogP contribution in [0.4, 0.5) is 5.69 Å². The lowest BCUT2D eigenvalue weighted by atomic mass is 10.1. The molecule has 0 fully saturated rings. The molecule has 1 aromatic carbocycles. The first kappa shape index (κ1) is 14.6. The van der Waals surface area contributed by atoms with Crippen molar-refractivity contribution in [1.82, 2.24) is 9.78 Å². The molecule has 0 spiro atoms. The first-order chi connectivity index (χ1) is 9.35. The van der Waals surface area contributed by atoms with Crippen LogP contribution in [0.3, 0.4) is 0 Å². The molecule has 0 unspecified atom stereocenters. The van der Waals surface area contributed by atoms with E-state index >= 15 is 0 Å². The Kier molecular flexibility index (Phi) is 3.85. The molecule has 6 heteroatoms. The van der Waals surface area contributed by atoms with E-state index in [1.165, 1.54) is 0 Å². The molecule has 1 N–H and O–H groups in total. The normalized spacial score (nSPS) is 11.6. The Hall–Kier alpha value is -1.82. The zero-order valence-electron chi connectivity index (χ0n) is 12.1. The van der Waals surface area contributed by atoms with E-state index in [0.717, 1.165) is 12.0 Å². The maximum Gasteiger partial charge on any atom is 0.265 e. The SMILES string of the molecule is CCc1cccc(NS(=O)(=O)c2c(C)nn(C)c2C)c1. The lowest BCUT2D eigenvalue weighted by molar-refractivity contribution is 0.599. The summed E-state index contributed by atoms with van der Waals surface area (Å²) in [5.74, 6) is 0. The number of sulfonamides is 1. The van der Waals surface area contributed by atoms with E-state index < -0.39 is 10.0 Å². The van der Waals surface area contributed by atoms with Gasteiger partial charge in [0.05, 0.1) is 11.4 Å². The van der Waals surface area contributed by atoms with Gasteiger partial charge >= 0.3 is 0 Å². The molecule has 20 heavy (non-hydrogen) atoms. The Morgan fingerprint density at radius 1 is 1.30 bits per heavy atom. The van der Waals surface area contributed by atoms with Gasteiger partial charge in [-0.15, -0.1) is 0 Å². The summed E-state index contributed by atoms with van der Waals surface area (Å²) in [5.41, 5.74) is 2.79. The fourth-order valence-electron chi connectivity index (χ4n) is 2.20. The number of hydrogen-bond donors (Lipinski definition) is 1. The second-order valence-corrected chi connectivity index (χ2v) is 6.40. The van der Waals surface area contributed by atoms with Gasteiger partial charge in [-0.1, -0.05) is 19.1 Å². The predicted molar refractivity (Wildman–Crippen MR) is 79.3 cm³/mol. The van der Waals surface area contributed by atoms with E-state index in [4.69, 9.17) is 0 Å². The van der Waals surface area contributed by atoms with Gasteiger partial charge in [0.1, 0.15) is 4.90 Å². The van der Waals surface area contributed by atoms with E-state index in [0.29, 0.717) is 17.1 Å². The molecule has 108 valence electrons. The summed E-state index contributed by atoms with van der Waals surface area (Å²) in [6, 6.07) is 7.41. The summed E-state index contributed by atoms with van der Waals surface area (Å²) in [6.45, 7) is 5.48. The van der Waals surface area contributed by atoms with Gasteiger partial charge in [-0.25, -0.2) is 8.42 Å². The summed E-state index contributed by atoms with van der Waals surface area (Å²) in [7, 11) is -1.88. The largest absolute Gasteiger partial charge is 0.280 e. The zero-order valence-corrected chi connectivity index (χ0v) is 13.0. The number of anilines is 1. The zero-order chi connectivity index (χ0) is 14.9. The number of rotatable bonds is 4. The van der Waals surface area contributed by atoms with Crippen LogP contribution in [0.2, 0.25) is 0 Å². The standard InChI is InChI=1S/C14H19N3O2S/c1-5-12-7-6-8-13(9-12)16-20(18,19)14-10(2)15-17(4)11(14)3/h6-9,16H,5H2,1-4H3. The summed E-state index contributed by atoms with van der Waals surface area (Å²) in [6.07, 6.45) is 0.862. The minimum atomic E-state index is -3.61. The van der Waals surface area contributed by atoms with Gasteiger partial charge in [-0.2, -0.15) is 5.10 Å². The van der Waals surface area contributed by atoms with Gasteiger partial charge in [0, 0.05) is 12.7 Å². The smallest absolute Gasteiger partial charge is 0.265 e. The quantitative estimate of drug-likeness (QED) is 0.941. The van der Waals surface area contributed by atoms with E-state index in [1.54, 1.807) is 31.6 Å². The van der Waals surface area contributed by atoms with Crippen molar-refractivity contribution >= 4 is 15.7 Å². The maximum absolute atomic E-state index is 12.5. The third-order valence-corrected chi connectivity index (χ3v) is 4.93. The average Bonchev–Trinajstić information content (AvgIpc) is 2.63. The lowest BCUT2D eigenvalue weighted by Gasteiger charge is -2.09. The number of nitrogens with zero attached hydrogens (tertiary/aromatic N) is 2. The second kappa shape index (κ2) is 5.28. The van der Waals surface area contributed by atoms with Gasteiger partial charge in [0.15, 0.2) is 0 Å². The molecule has 0 saturated heterocycles. The van der Waals surface area contributed by atoms with Crippen molar-refractivity contribution < 1.29 is 8.42 Å². The van der Waals surface area contributed by atoms with Crippen LogP contribution >= 0.6 is 0 Å². The Labute approximate surface area is 119 Å². The van der Waals surface area contributed by atoms with E-state index in [9.17, 15) is 8.42 Å². The average molecular weight is 293 g/mol. The minimum Gasteiger partial charge on any atom is -0.280 e. The van der Waals surface area contributed by atoms with Crippen LogP contribution < -0.4 is 4.72 Å². The topological polar surface area (TPSA) is 64.0 Å². The van der Waals surface area contributed by atoms with Crippen LogP contribution in [0.15, 0.2) is 29.2 Å². The molecule has 5 nitrogen and oxygen atoms in total. The van der Waals surface area contributed by atoms with Crippen LogP contribution in [0, 0.1) is 13.8 Å². The highest BCUT2D eigenvalue weighted by atomic mass is 32.2. The number of benzene rings is 1. The van der Waals surface area contributed by atoms with Crippen LogP contribution in [0.1, 0.15) is 23.9 Å². The van der Waals surface area contributed by atoms with Gasteiger partial charge in [-0.05, 0) is 38.0 Å². The van der Waals surface area contributed by atoms with Crippen LogP contribution in [0.5, 0.6) is 0 Å². The maximum atomic E-state index is 12.5. The summed E-state index contributed by atoms with van der Waals surface area (Å²) < 4.78 is 29.2. The third kappa shape index (κ3) is 2.70. The molecular formula is C14H19N3O2S. The van der Waals surface area contributed by atoms with Crippen LogP contribution in [-0.2, 0) is 23.5 Å². The van der Waals surface area contributed by atoms with Gasteiger partial charge in [0.25, 0.3) is 10.0 Å². The van der Waals surface area contributed by atoms with Crippen molar-refractivity contribution in [3.63, 3.8) is 0 Å². The highest BCUT2D eigenvalue weighted by Crippen LogP contribution is 2.22. The van der Waals surface area contributed by atoms with Crippen LogP contribution in [0.25, 0.3) is 0 Å². The number of hydrogen-bond acceptors (Lipinski definition) is 3. The van der Waals surface area contributed by atoms with E-state index in [-0.39, 0.29) is 4.90 Å². The summed E-state index contributed by atoms with van der Waals surface area (Å²) >= 11 is 0.